The van der Waals surface area contributed by atoms with Crippen molar-refractivity contribution >= 4 is 43.5 Å². The van der Waals surface area contributed by atoms with E-state index in [9.17, 15) is 4.39 Å². The van der Waals surface area contributed by atoms with Crippen LogP contribution >= 0.6 is 43.5 Å². The van der Waals surface area contributed by atoms with Crippen molar-refractivity contribution in [3.8, 4) is 11.6 Å². The van der Waals surface area contributed by atoms with Gasteiger partial charge in [-0.1, -0.05) is 11.6 Å². The van der Waals surface area contributed by atoms with Gasteiger partial charge in [0.05, 0.1) is 10.2 Å². The van der Waals surface area contributed by atoms with Crippen molar-refractivity contribution in [3.63, 3.8) is 0 Å². The van der Waals surface area contributed by atoms with Gasteiger partial charge in [-0.15, -0.1) is 0 Å². The summed E-state index contributed by atoms with van der Waals surface area (Å²) in [4.78, 5) is 7.75. The van der Waals surface area contributed by atoms with Crippen LogP contribution in [0.5, 0.6) is 0 Å². The van der Waals surface area contributed by atoms with Crippen LogP contribution in [0.15, 0.2) is 19.6 Å². The molecule has 7 heteroatoms. The number of aromatic nitrogens is 2. The highest BCUT2D eigenvalue weighted by Crippen LogP contribution is 2.32. The first-order valence-corrected chi connectivity index (χ1v) is 6.10. The van der Waals surface area contributed by atoms with Crippen molar-refractivity contribution in [2.75, 3.05) is 0 Å². The van der Waals surface area contributed by atoms with Crippen LogP contribution in [0.4, 0.5) is 4.39 Å². The molecule has 0 aliphatic carbocycles. The van der Waals surface area contributed by atoms with E-state index in [1.807, 2.05) is 0 Å². The Morgan fingerprint density at radius 1 is 1.38 bits per heavy atom. The minimum Gasteiger partial charge on any atom is -0.445 e. The maximum Gasteiger partial charge on any atom is 0.197 e. The van der Waals surface area contributed by atoms with Crippen LogP contribution in [0, 0.1) is 12.7 Å². The van der Waals surface area contributed by atoms with Gasteiger partial charge in [-0.2, -0.15) is 0 Å². The maximum atomic E-state index is 13.2. The zero-order valence-corrected chi connectivity index (χ0v) is 11.8. The lowest BCUT2D eigenvalue weighted by atomic mass is 10.4. The first-order chi connectivity index (χ1) is 7.49. The van der Waals surface area contributed by atoms with Crippen LogP contribution in [-0.4, -0.2) is 9.97 Å². The Kier molecular flexibility index (Phi) is 3.32. The number of aryl methyl sites for hydroxylation is 1. The number of halogens is 4. The molecule has 0 bridgehead atoms. The Morgan fingerprint density at radius 2 is 2.06 bits per heavy atom. The largest absolute Gasteiger partial charge is 0.445 e. The molecular formula is C9H4Br2ClFN2O. The molecule has 0 aliphatic heterocycles. The van der Waals surface area contributed by atoms with Gasteiger partial charge in [0.25, 0.3) is 0 Å². The smallest absolute Gasteiger partial charge is 0.197 e. The standard InChI is InChI=1S/C9H4Br2ClFN2O/c1-3-6(13)8(12)15-9(14-3)5-2-4(10)7(11)16-5/h2H,1H3. The first-order valence-electron chi connectivity index (χ1n) is 4.14. The minimum absolute atomic E-state index is 0.179. The Hall–Kier alpha value is -0.460. The molecule has 3 nitrogen and oxygen atoms in total. The molecule has 0 N–H and O–H groups in total. The Labute approximate surface area is 112 Å². The van der Waals surface area contributed by atoms with E-state index in [-0.39, 0.29) is 16.7 Å². The van der Waals surface area contributed by atoms with Gasteiger partial charge in [0.15, 0.2) is 27.2 Å². The third-order valence-electron chi connectivity index (χ3n) is 1.84. The zero-order valence-electron chi connectivity index (χ0n) is 7.89. The van der Waals surface area contributed by atoms with Gasteiger partial charge in [0, 0.05) is 6.07 Å². The van der Waals surface area contributed by atoms with E-state index in [4.69, 9.17) is 16.0 Å². The lowest BCUT2D eigenvalue weighted by Gasteiger charge is -2.00. The van der Waals surface area contributed by atoms with E-state index in [1.165, 1.54) is 6.92 Å². The molecule has 0 fully saturated rings. The number of furan rings is 1. The van der Waals surface area contributed by atoms with E-state index >= 15 is 0 Å². The number of rotatable bonds is 1. The maximum absolute atomic E-state index is 13.2. The summed E-state index contributed by atoms with van der Waals surface area (Å²) in [6.07, 6.45) is 0. The molecule has 2 heterocycles. The molecule has 0 amide bonds. The average Bonchev–Trinajstić information content (AvgIpc) is 2.55. The van der Waals surface area contributed by atoms with Crippen LogP contribution in [0.2, 0.25) is 5.15 Å². The summed E-state index contributed by atoms with van der Waals surface area (Å²) in [5.74, 6) is 0.0363. The number of hydrogen-bond acceptors (Lipinski definition) is 3. The van der Waals surface area contributed by atoms with Crippen molar-refractivity contribution in [2.45, 2.75) is 6.92 Å². The summed E-state index contributed by atoms with van der Waals surface area (Å²) in [5.41, 5.74) is 0.179. The summed E-state index contributed by atoms with van der Waals surface area (Å²) >= 11 is 12.1. The van der Waals surface area contributed by atoms with Crippen LogP contribution in [0.1, 0.15) is 5.69 Å². The highest BCUT2D eigenvalue weighted by Gasteiger charge is 2.15. The monoisotopic (exact) mass is 368 g/mol. The lowest BCUT2D eigenvalue weighted by molar-refractivity contribution is 0.546. The van der Waals surface area contributed by atoms with E-state index in [2.05, 4.69) is 41.8 Å². The fraction of sp³-hybridized carbons (Fsp3) is 0.111. The topological polar surface area (TPSA) is 38.9 Å². The highest BCUT2D eigenvalue weighted by molar-refractivity contribution is 9.13. The Morgan fingerprint density at radius 3 is 2.56 bits per heavy atom. The second-order valence-electron chi connectivity index (χ2n) is 2.97. The van der Waals surface area contributed by atoms with E-state index in [1.54, 1.807) is 6.07 Å². The molecular weight excluding hydrogens is 366 g/mol. The van der Waals surface area contributed by atoms with Crippen molar-refractivity contribution in [2.24, 2.45) is 0 Å². The van der Waals surface area contributed by atoms with Crippen molar-refractivity contribution in [3.05, 3.63) is 31.9 Å². The van der Waals surface area contributed by atoms with Crippen LogP contribution in [0.25, 0.3) is 11.6 Å². The molecule has 0 aromatic carbocycles. The third-order valence-corrected chi connectivity index (χ3v) is 3.80. The van der Waals surface area contributed by atoms with Crippen LogP contribution in [-0.2, 0) is 0 Å². The molecule has 84 valence electrons. The van der Waals surface area contributed by atoms with Crippen molar-refractivity contribution in [1.29, 1.82) is 0 Å². The lowest BCUT2D eigenvalue weighted by Crippen LogP contribution is -1.96. The van der Waals surface area contributed by atoms with Gasteiger partial charge in [-0.25, -0.2) is 14.4 Å². The molecule has 0 unspecified atom stereocenters. The quantitative estimate of drug-likeness (QED) is 0.700. The normalized spacial score (nSPS) is 10.8. The Bertz CT molecular complexity index is 516. The van der Waals surface area contributed by atoms with E-state index in [0.29, 0.717) is 10.4 Å². The van der Waals surface area contributed by atoms with Gasteiger partial charge >= 0.3 is 0 Å². The average molecular weight is 370 g/mol. The van der Waals surface area contributed by atoms with Crippen molar-refractivity contribution < 1.29 is 8.81 Å². The fourth-order valence-electron chi connectivity index (χ4n) is 1.09. The fourth-order valence-corrected chi connectivity index (χ4v) is 1.89. The van der Waals surface area contributed by atoms with Gasteiger partial charge in [-0.05, 0) is 38.8 Å². The molecule has 0 radical (unpaired) electrons. The molecule has 16 heavy (non-hydrogen) atoms. The zero-order chi connectivity index (χ0) is 11.9. The SMILES string of the molecule is Cc1nc(-c2cc(Br)c(Br)o2)nc(Cl)c1F. The second kappa shape index (κ2) is 4.43. The number of nitrogens with zero attached hydrogens (tertiary/aromatic N) is 2. The van der Waals surface area contributed by atoms with Gasteiger partial charge in [-0.3, -0.25) is 0 Å². The molecule has 0 saturated carbocycles. The van der Waals surface area contributed by atoms with E-state index < -0.39 is 5.82 Å². The summed E-state index contributed by atoms with van der Waals surface area (Å²) < 4.78 is 19.8. The molecule has 0 atom stereocenters. The van der Waals surface area contributed by atoms with Gasteiger partial charge < -0.3 is 4.42 Å². The second-order valence-corrected chi connectivity index (χ2v) is 4.90. The molecule has 2 rings (SSSR count). The first kappa shape index (κ1) is 12.0. The van der Waals surface area contributed by atoms with Crippen molar-refractivity contribution in [1.82, 2.24) is 9.97 Å². The predicted octanol–water partition coefficient (Wildman–Crippen LogP) is 4.36. The van der Waals surface area contributed by atoms with E-state index in [0.717, 1.165) is 4.47 Å². The summed E-state index contributed by atoms with van der Waals surface area (Å²) in [6.45, 7) is 1.51. The third kappa shape index (κ3) is 2.14. The molecule has 2 aromatic heterocycles. The van der Waals surface area contributed by atoms with Gasteiger partial charge in [0.1, 0.15) is 0 Å². The number of hydrogen-bond donors (Lipinski definition) is 0. The minimum atomic E-state index is -0.616. The van der Waals surface area contributed by atoms with Crippen LogP contribution < -0.4 is 0 Å². The summed E-state index contributed by atoms with van der Waals surface area (Å²) in [5, 5.41) is -0.217. The molecule has 0 spiro atoms. The molecule has 0 saturated heterocycles. The molecule has 2 aromatic rings. The summed E-state index contributed by atoms with van der Waals surface area (Å²) in [6, 6.07) is 1.67. The Balaban J connectivity index is 2.56. The predicted molar refractivity (Wildman–Crippen MR) is 64.8 cm³/mol. The molecule has 0 aliphatic rings. The highest BCUT2D eigenvalue weighted by atomic mass is 79.9. The van der Waals surface area contributed by atoms with Crippen LogP contribution in [0.3, 0.4) is 0 Å². The summed E-state index contributed by atoms with van der Waals surface area (Å²) in [7, 11) is 0. The van der Waals surface area contributed by atoms with Gasteiger partial charge in [0.2, 0.25) is 0 Å².